The van der Waals surface area contributed by atoms with Gasteiger partial charge >= 0.3 is 0 Å². The maximum absolute atomic E-state index is 4.48. The Balaban J connectivity index is 1.67. The number of hydrogen-bond acceptors (Lipinski definition) is 3. The van der Waals surface area contributed by atoms with Gasteiger partial charge in [0.05, 0.1) is 0 Å². The molecule has 1 heterocycles. The average molecular weight is 272 g/mol. The maximum Gasteiger partial charge on any atom is 0.107 e. The molecule has 1 atom stereocenters. The molecule has 0 saturated heterocycles. The lowest BCUT2D eigenvalue weighted by Crippen LogP contribution is -2.18. The highest BCUT2D eigenvalue weighted by Gasteiger charge is 2.21. The van der Waals surface area contributed by atoms with Crippen LogP contribution < -0.4 is 5.32 Å². The van der Waals surface area contributed by atoms with Crippen molar-refractivity contribution in [2.45, 2.75) is 45.7 Å². The molecule has 0 radical (unpaired) electrons. The predicted molar refractivity (Wildman–Crippen MR) is 80.6 cm³/mol. The Labute approximate surface area is 118 Å². The topological polar surface area (TPSA) is 24.9 Å². The zero-order chi connectivity index (χ0) is 13.2. The van der Waals surface area contributed by atoms with E-state index in [0.29, 0.717) is 6.04 Å². The van der Waals surface area contributed by atoms with Gasteiger partial charge in [0, 0.05) is 23.7 Å². The molecule has 3 heteroatoms. The summed E-state index contributed by atoms with van der Waals surface area (Å²) in [7, 11) is 0. The fraction of sp³-hybridized carbons (Fsp3) is 0.438. The van der Waals surface area contributed by atoms with Crippen molar-refractivity contribution in [3.63, 3.8) is 0 Å². The van der Waals surface area contributed by atoms with Crippen LogP contribution in [0.25, 0.3) is 0 Å². The third-order valence-electron chi connectivity index (χ3n) is 3.83. The molecule has 1 unspecified atom stereocenters. The monoisotopic (exact) mass is 272 g/mol. The first kappa shape index (κ1) is 12.8. The van der Waals surface area contributed by atoms with E-state index in [1.807, 2.05) is 17.5 Å². The first-order valence-electron chi connectivity index (χ1n) is 7.02. The molecule has 0 amide bonds. The van der Waals surface area contributed by atoms with Crippen LogP contribution in [0.15, 0.2) is 24.4 Å². The van der Waals surface area contributed by atoms with Crippen LogP contribution in [0.2, 0.25) is 0 Å². The Kier molecular flexibility index (Phi) is 3.67. The van der Waals surface area contributed by atoms with E-state index < -0.39 is 0 Å². The minimum Gasteiger partial charge on any atom is -0.304 e. The first-order chi connectivity index (χ1) is 9.26. The number of aryl methyl sites for hydroxylation is 3. The van der Waals surface area contributed by atoms with Gasteiger partial charge in [0.1, 0.15) is 5.01 Å². The highest BCUT2D eigenvalue weighted by Crippen LogP contribution is 2.32. The average Bonchev–Trinajstić information content (AvgIpc) is 3.02. The van der Waals surface area contributed by atoms with Crippen LogP contribution in [-0.4, -0.2) is 4.98 Å². The lowest BCUT2D eigenvalue weighted by molar-refractivity contribution is 0.529. The molecule has 0 bridgehead atoms. The summed E-state index contributed by atoms with van der Waals surface area (Å²) in [5, 5.41) is 4.87. The Bertz CT molecular complexity index is 574. The van der Waals surface area contributed by atoms with Gasteiger partial charge < -0.3 is 5.32 Å². The third-order valence-corrected chi connectivity index (χ3v) is 4.97. The zero-order valence-corrected chi connectivity index (χ0v) is 12.4. The van der Waals surface area contributed by atoms with Crippen LogP contribution >= 0.6 is 11.3 Å². The van der Waals surface area contributed by atoms with E-state index in [4.69, 9.17) is 0 Å². The van der Waals surface area contributed by atoms with E-state index in [1.165, 1.54) is 39.4 Å². The highest BCUT2D eigenvalue weighted by atomic mass is 32.1. The standard InChI is InChI=1S/C16H20N2S/c1-3-13-9-18-16(19-13)10-17-15-7-6-12-5-4-11(2)8-14(12)15/h4-5,8-9,15,17H,3,6-7,10H2,1-2H3. The number of nitrogens with one attached hydrogen (secondary N) is 1. The Morgan fingerprint density at radius 2 is 2.32 bits per heavy atom. The van der Waals surface area contributed by atoms with E-state index >= 15 is 0 Å². The minimum atomic E-state index is 0.504. The number of hydrogen-bond donors (Lipinski definition) is 1. The van der Waals surface area contributed by atoms with Crippen molar-refractivity contribution in [1.29, 1.82) is 0 Å². The minimum absolute atomic E-state index is 0.504. The third kappa shape index (κ3) is 2.72. The molecule has 1 aliphatic carbocycles. The molecule has 19 heavy (non-hydrogen) atoms. The molecule has 1 aliphatic rings. The normalized spacial score (nSPS) is 17.7. The van der Waals surface area contributed by atoms with Crippen molar-refractivity contribution in [1.82, 2.24) is 10.3 Å². The van der Waals surface area contributed by atoms with E-state index in [2.05, 4.69) is 42.3 Å². The van der Waals surface area contributed by atoms with Gasteiger partial charge in [-0.25, -0.2) is 4.98 Å². The van der Waals surface area contributed by atoms with Crippen molar-refractivity contribution in [2.75, 3.05) is 0 Å². The van der Waals surface area contributed by atoms with Crippen LogP contribution in [0.4, 0.5) is 0 Å². The highest BCUT2D eigenvalue weighted by molar-refractivity contribution is 7.11. The zero-order valence-electron chi connectivity index (χ0n) is 11.6. The Morgan fingerprint density at radius 1 is 1.42 bits per heavy atom. The summed E-state index contributed by atoms with van der Waals surface area (Å²) in [6.45, 7) is 5.24. The van der Waals surface area contributed by atoms with Crippen molar-refractivity contribution in [2.24, 2.45) is 0 Å². The molecular weight excluding hydrogens is 252 g/mol. The van der Waals surface area contributed by atoms with E-state index in [-0.39, 0.29) is 0 Å². The van der Waals surface area contributed by atoms with Crippen molar-refractivity contribution in [3.8, 4) is 0 Å². The largest absolute Gasteiger partial charge is 0.304 e. The van der Waals surface area contributed by atoms with Gasteiger partial charge in [-0.05, 0) is 37.3 Å². The molecular formula is C16H20N2S. The predicted octanol–water partition coefficient (Wildman–Crippen LogP) is 3.79. The maximum atomic E-state index is 4.48. The molecule has 0 spiro atoms. The summed E-state index contributed by atoms with van der Waals surface area (Å²) >= 11 is 1.83. The molecule has 0 saturated carbocycles. The summed E-state index contributed by atoms with van der Waals surface area (Å²) in [6.07, 6.45) is 5.51. The Hall–Kier alpha value is -1.19. The summed E-state index contributed by atoms with van der Waals surface area (Å²) in [5.41, 5.74) is 4.36. The molecule has 1 N–H and O–H groups in total. The van der Waals surface area contributed by atoms with Gasteiger partial charge in [0.15, 0.2) is 0 Å². The number of benzene rings is 1. The summed E-state index contributed by atoms with van der Waals surface area (Å²) in [4.78, 5) is 5.85. The molecule has 0 fully saturated rings. The molecule has 1 aromatic carbocycles. The number of nitrogens with zero attached hydrogens (tertiary/aromatic N) is 1. The number of thiazole rings is 1. The lowest BCUT2D eigenvalue weighted by atomic mass is 10.1. The van der Waals surface area contributed by atoms with E-state index in [1.54, 1.807) is 0 Å². The lowest BCUT2D eigenvalue weighted by Gasteiger charge is -2.13. The van der Waals surface area contributed by atoms with Crippen molar-refractivity contribution >= 4 is 11.3 Å². The molecule has 0 aliphatic heterocycles. The Morgan fingerprint density at radius 3 is 3.11 bits per heavy atom. The van der Waals surface area contributed by atoms with E-state index in [0.717, 1.165) is 13.0 Å². The number of aromatic nitrogens is 1. The number of fused-ring (bicyclic) bond motifs is 1. The summed E-state index contributed by atoms with van der Waals surface area (Å²) in [6, 6.07) is 7.34. The van der Waals surface area contributed by atoms with Gasteiger partial charge in [0.2, 0.25) is 0 Å². The van der Waals surface area contributed by atoms with Crippen LogP contribution in [-0.2, 0) is 19.4 Å². The fourth-order valence-electron chi connectivity index (χ4n) is 2.74. The molecule has 3 rings (SSSR count). The molecule has 1 aromatic heterocycles. The molecule has 2 aromatic rings. The second kappa shape index (κ2) is 5.43. The quantitative estimate of drug-likeness (QED) is 0.916. The van der Waals surface area contributed by atoms with E-state index in [9.17, 15) is 0 Å². The van der Waals surface area contributed by atoms with Crippen LogP contribution in [0.1, 0.15) is 46.0 Å². The molecule has 100 valence electrons. The SMILES string of the molecule is CCc1cnc(CNC2CCc3ccc(C)cc32)s1. The second-order valence-electron chi connectivity index (χ2n) is 5.25. The second-order valence-corrected chi connectivity index (χ2v) is 6.45. The molecule has 2 nitrogen and oxygen atoms in total. The van der Waals surface area contributed by atoms with Gasteiger partial charge in [-0.2, -0.15) is 0 Å². The van der Waals surface area contributed by atoms with Crippen molar-refractivity contribution < 1.29 is 0 Å². The van der Waals surface area contributed by atoms with Gasteiger partial charge in [-0.15, -0.1) is 11.3 Å². The van der Waals surface area contributed by atoms with Gasteiger partial charge in [-0.3, -0.25) is 0 Å². The van der Waals surface area contributed by atoms with Crippen LogP contribution in [0, 0.1) is 6.92 Å². The first-order valence-corrected chi connectivity index (χ1v) is 7.84. The number of rotatable bonds is 4. The van der Waals surface area contributed by atoms with Crippen LogP contribution in [0.5, 0.6) is 0 Å². The fourth-order valence-corrected chi connectivity index (χ4v) is 3.55. The summed E-state index contributed by atoms with van der Waals surface area (Å²) in [5.74, 6) is 0. The summed E-state index contributed by atoms with van der Waals surface area (Å²) < 4.78 is 0. The smallest absolute Gasteiger partial charge is 0.107 e. The van der Waals surface area contributed by atoms with Gasteiger partial charge in [-0.1, -0.05) is 30.7 Å². The van der Waals surface area contributed by atoms with Crippen LogP contribution in [0.3, 0.4) is 0 Å². The van der Waals surface area contributed by atoms with Gasteiger partial charge in [0.25, 0.3) is 0 Å². The van der Waals surface area contributed by atoms with Crippen molar-refractivity contribution in [3.05, 3.63) is 51.0 Å².